The first-order valence-electron chi connectivity index (χ1n) is 5.68. The molecule has 0 aliphatic carbocycles. The summed E-state index contributed by atoms with van der Waals surface area (Å²) in [6, 6.07) is 6.59. The fraction of sp³-hybridized carbons (Fsp3) is 0.385. The molecule has 2 rings (SSSR count). The van der Waals surface area contributed by atoms with Crippen LogP contribution in [0.5, 0.6) is 0 Å². The molecular formula is C13H15NO3. The zero-order chi connectivity index (χ0) is 12.4. The molecule has 1 atom stereocenters. The van der Waals surface area contributed by atoms with Gasteiger partial charge in [-0.15, -0.1) is 0 Å². The summed E-state index contributed by atoms with van der Waals surface area (Å²) >= 11 is 0. The number of hydrogen-bond acceptors (Lipinski definition) is 2. The Balaban J connectivity index is 2.22. The quantitative estimate of drug-likeness (QED) is 0.846. The van der Waals surface area contributed by atoms with E-state index < -0.39 is 5.97 Å². The van der Waals surface area contributed by atoms with Gasteiger partial charge in [-0.3, -0.25) is 4.79 Å². The van der Waals surface area contributed by atoms with E-state index in [0.29, 0.717) is 0 Å². The minimum atomic E-state index is -0.941. The van der Waals surface area contributed by atoms with Crippen LogP contribution in [0.4, 0.5) is 0 Å². The van der Waals surface area contributed by atoms with E-state index in [1.54, 1.807) is 36.2 Å². The summed E-state index contributed by atoms with van der Waals surface area (Å²) in [5, 5.41) is 8.80. The second-order valence-corrected chi connectivity index (χ2v) is 4.38. The van der Waals surface area contributed by atoms with Gasteiger partial charge in [0.1, 0.15) is 0 Å². The lowest BCUT2D eigenvalue weighted by Gasteiger charge is -2.29. The van der Waals surface area contributed by atoms with E-state index >= 15 is 0 Å². The predicted octanol–water partition coefficient (Wildman–Crippen LogP) is 1.72. The summed E-state index contributed by atoms with van der Waals surface area (Å²) in [7, 11) is 1.81. The summed E-state index contributed by atoms with van der Waals surface area (Å²) in [6.45, 7) is 0.808. The van der Waals surface area contributed by atoms with Crippen molar-refractivity contribution in [2.75, 3.05) is 13.6 Å². The number of likely N-dealkylation sites (tertiary alicyclic amines) is 1. The Bertz CT molecular complexity index is 438. The number of benzene rings is 1. The van der Waals surface area contributed by atoms with Gasteiger partial charge < -0.3 is 10.0 Å². The third kappa shape index (κ3) is 2.30. The average molecular weight is 233 g/mol. The zero-order valence-electron chi connectivity index (χ0n) is 9.72. The van der Waals surface area contributed by atoms with Gasteiger partial charge >= 0.3 is 5.97 Å². The van der Waals surface area contributed by atoms with Crippen molar-refractivity contribution in [1.29, 1.82) is 0 Å². The first-order chi connectivity index (χ1) is 8.09. The highest BCUT2D eigenvalue weighted by atomic mass is 16.4. The first-order valence-corrected chi connectivity index (χ1v) is 5.68. The molecule has 0 aromatic heterocycles. The van der Waals surface area contributed by atoms with Crippen LogP contribution in [0.3, 0.4) is 0 Å². The SMILES string of the molecule is CN1CCC[C@@H](c2ccc(C(=O)O)cc2)C1=O. The van der Waals surface area contributed by atoms with Gasteiger partial charge in [-0.05, 0) is 30.5 Å². The number of nitrogens with zero attached hydrogens (tertiary/aromatic N) is 1. The van der Waals surface area contributed by atoms with E-state index in [-0.39, 0.29) is 17.4 Å². The molecule has 0 bridgehead atoms. The smallest absolute Gasteiger partial charge is 0.335 e. The second kappa shape index (κ2) is 4.57. The summed E-state index contributed by atoms with van der Waals surface area (Å²) in [6.07, 6.45) is 1.84. The van der Waals surface area contributed by atoms with Gasteiger partial charge in [0.15, 0.2) is 0 Å². The highest BCUT2D eigenvalue weighted by molar-refractivity contribution is 5.88. The van der Waals surface area contributed by atoms with E-state index in [0.717, 1.165) is 24.9 Å². The van der Waals surface area contributed by atoms with Crippen molar-refractivity contribution in [1.82, 2.24) is 4.90 Å². The van der Waals surface area contributed by atoms with Crippen LogP contribution >= 0.6 is 0 Å². The van der Waals surface area contributed by atoms with Crippen molar-refractivity contribution in [2.45, 2.75) is 18.8 Å². The van der Waals surface area contributed by atoms with E-state index in [9.17, 15) is 9.59 Å². The molecule has 4 nitrogen and oxygen atoms in total. The fourth-order valence-corrected chi connectivity index (χ4v) is 2.20. The van der Waals surface area contributed by atoms with E-state index in [1.807, 2.05) is 0 Å². The number of hydrogen-bond donors (Lipinski definition) is 1. The molecule has 1 fully saturated rings. The number of likely N-dealkylation sites (N-methyl/N-ethyl adjacent to an activating group) is 1. The Morgan fingerprint density at radius 2 is 2.00 bits per heavy atom. The lowest BCUT2D eigenvalue weighted by Crippen LogP contribution is -2.36. The Hall–Kier alpha value is -1.84. The molecular weight excluding hydrogens is 218 g/mol. The maximum Gasteiger partial charge on any atom is 0.335 e. The lowest BCUT2D eigenvalue weighted by molar-refractivity contribution is -0.133. The number of amides is 1. The number of aromatic carboxylic acids is 1. The van der Waals surface area contributed by atoms with Gasteiger partial charge in [0.25, 0.3) is 0 Å². The lowest BCUT2D eigenvalue weighted by atomic mass is 9.89. The van der Waals surface area contributed by atoms with Crippen LogP contribution in [0.25, 0.3) is 0 Å². The van der Waals surface area contributed by atoms with Crippen molar-refractivity contribution in [3.05, 3.63) is 35.4 Å². The minimum Gasteiger partial charge on any atom is -0.478 e. The van der Waals surface area contributed by atoms with Crippen molar-refractivity contribution >= 4 is 11.9 Å². The number of rotatable bonds is 2. The Morgan fingerprint density at radius 3 is 2.59 bits per heavy atom. The van der Waals surface area contributed by atoms with Crippen LogP contribution in [-0.4, -0.2) is 35.5 Å². The molecule has 0 spiro atoms. The average Bonchev–Trinajstić information content (AvgIpc) is 2.33. The van der Waals surface area contributed by atoms with E-state index in [1.165, 1.54) is 0 Å². The molecule has 0 unspecified atom stereocenters. The van der Waals surface area contributed by atoms with Gasteiger partial charge in [0.05, 0.1) is 11.5 Å². The minimum absolute atomic E-state index is 0.114. The summed E-state index contributed by atoms with van der Waals surface area (Å²) in [5.74, 6) is -0.931. The van der Waals surface area contributed by atoms with Crippen LogP contribution in [0.1, 0.15) is 34.7 Å². The van der Waals surface area contributed by atoms with E-state index in [2.05, 4.69) is 0 Å². The molecule has 1 N–H and O–H groups in total. The summed E-state index contributed by atoms with van der Waals surface area (Å²) in [5.41, 5.74) is 1.16. The largest absolute Gasteiger partial charge is 0.478 e. The number of carboxylic acids is 1. The predicted molar refractivity (Wildman–Crippen MR) is 63.0 cm³/mol. The Morgan fingerprint density at radius 1 is 1.35 bits per heavy atom. The van der Waals surface area contributed by atoms with Crippen LogP contribution in [-0.2, 0) is 4.79 Å². The third-order valence-corrected chi connectivity index (χ3v) is 3.22. The number of carbonyl (C=O) groups is 2. The Labute approximate surface area is 99.9 Å². The topological polar surface area (TPSA) is 57.6 Å². The van der Waals surface area contributed by atoms with Crippen LogP contribution in [0.2, 0.25) is 0 Å². The second-order valence-electron chi connectivity index (χ2n) is 4.38. The molecule has 1 aromatic carbocycles. The molecule has 1 aromatic rings. The summed E-state index contributed by atoms with van der Waals surface area (Å²) in [4.78, 5) is 24.4. The van der Waals surface area contributed by atoms with Gasteiger partial charge in [-0.2, -0.15) is 0 Å². The molecule has 1 amide bonds. The number of piperidine rings is 1. The van der Waals surface area contributed by atoms with Crippen LogP contribution in [0, 0.1) is 0 Å². The molecule has 1 heterocycles. The molecule has 0 saturated carbocycles. The van der Waals surface area contributed by atoms with Gasteiger partial charge in [-0.1, -0.05) is 12.1 Å². The maximum atomic E-state index is 12.0. The van der Waals surface area contributed by atoms with Gasteiger partial charge in [0.2, 0.25) is 5.91 Å². The molecule has 4 heteroatoms. The van der Waals surface area contributed by atoms with Crippen molar-refractivity contribution in [3.63, 3.8) is 0 Å². The highest BCUT2D eigenvalue weighted by Crippen LogP contribution is 2.27. The fourth-order valence-electron chi connectivity index (χ4n) is 2.20. The highest BCUT2D eigenvalue weighted by Gasteiger charge is 2.27. The van der Waals surface area contributed by atoms with E-state index in [4.69, 9.17) is 5.11 Å². The summed E-state index contributed by atoms with van der Waals surface area (Å²) < 4.78 is 0. The zero-order valence-corrected chi connectivity index (χ0v) is 9.72. The van der Waals surface area contributed by atoms with Gasteiger partial charge in [0, 0.05) is 13.6 Å². The van der Waals surface area contributed by atoms with Crippen molar-refractivity contribution in [2.24, 2.45) is 0 Å². The van der Waals surface area contributed by atoms with Crippen molar-refractivity contribution < 1.29 is 14.7 Å². The number of carbonyl (C=O) groups excluding carboxylic acids is 1. The molecule has 1 saturated heterocycles. The molecule has 1 aliphatic heterocycles. The maximum absolute atomic E-state index is 12.0. The molecule has 1 aliphatic rings. The van der Waals surface area contributed by atoms with Crippen LogP contribution in [0.15, 0.2) is 24.3 Å². The molecule has 0 radical (unpaired) electrons. The third-order valence-electron chi connectivity index (χ3n) is 3.22. The monoisotopic (exact) mass is 233 g/mol. The molecule has 90 valence electrons. The Kier molecular flexibility index (Phi) is 3.13. The molecule has 17 heavy (non-hydrogen) atoms. The standard InChI is InChI=1S/C13H15NO3/c1-14-8-2-3-11(12(14)15)9-4-6-10(7-5-9)13(16)17/h4-7,11H,2-3,8H2,1H3,(H,16,17)/t11-/m0/s1. The normalized spacial score (nSPS) is 20.4. The van der Waals surface area contributed by atoms with Crippen molar-refractivity contribution in [3.8, 4) is 0 Å². The first kappa shape index (κ1) is 11.6. The van der Waals surface area contributed by atoms with Crippen LogP contribution < -0.4 is 0 Å². The van der Waals surface area contributed by atoms with Gasteiger partial charge in [-0.25, -0.2) is 4.79 Å². The number of carboxylic acid groups (broad SMARTS) is 1.